The Hall–Kier alpha value is -1.79. The molecule has 0 aliphatic carbocycles. The van der Waals surface area contributed by atoms with Crippen molar-refractivity contribution in [3.63, 3.8) is 0 Å². The summed E-state index contributed by atoms with van der Waals surface area (Å²) < 4.78 is 0. The van der Waals surface area contributed by atoms with E-state index in [1.165, 1.54) is 16.0 Å². The number of aryl methyl sites for hydroxylation is 2. The molecule has 0 spiro atoms. The lowest BCUT2D eigenvalue weighted by atomic mass is 10.2. The normalized spacial score (nSPS) is 9.94. The molecule has 0 fully saturated rings. The Labute approximate surface area is 105 Å². The summed E-state index contributed by atoms with van der Waals surface area (Å²) in [6, 6.07) is 10.3. The number of hydrogen-bond acceptors (Lipinski definition) is 3. The van der Waals surface area contributed by atoms with Gasteiger partial charge in [0.05, 0.1) is 5.56 Å². The first kappa shape index (κ1) is 11.7. The van der Waals surface area contributed by atoms with Gasteiger partial charge in [-0.15, -0.1) is 0 Å². The second kappa shape index (κ2) is 5.03. The third kappa shape index (κ3) is 2.66. The standard InChI is InChI=1S/C14H12N2S/c1-10-3-4-11(2)13(7-10)17-14-9-16-6-5-12(14)8-15/h3-7,9H,1-2H3. The first-order valence-corrected chi connectivity index (χ1v) is 6.11. The predicted molar refractivity (Wildman–Crippen MR) is 69.0 cm³/mol. The van der Waals surface area contributed by atoms with Gasteiger partial charge in [-0.1, -0.05) is 23.9 Å². The molecule has 0 aliphatic rings. The second-order valence-corrected chi connectivity index (χ2v) is 4.94. The van der Waals surface area contributed by atoms with Crippen molar-refractivity contribution in [2.75, 3.05) is 0 Å². The summed E-state index contributed by atoms with van der Waals surface area (Å²) >= 11 is 1.59. The maximum absolute atomic E-state index is 9.03. The van der Waals surface area contributed by atoms with E-state index in [0.717, 1.165) is 4.90 Å². The van der Waals surface area contributed by atoms with Crippen LogP contribution in [-0.2, 0) is 0 Å². The van der Waals surface area contributed by atoms with Gasteiger partial charge < -0.3 is 0 Å². The number of rotatable bonds is 2. The zero-order chi connectivity index (χ0) is 12.3. The minimum atomic E-state index is 0.672. The van der Waals surface area contributed by atoms with Crippen LogP contribution < -0.4 is 0 Å². The Morgan fingerprint density at radius 1 is 1.18 bits per heavy atom. The van der Waals surface area contributed by atoms with Gasteiger partial charge in [-0.05, 0) is 37.1 Å². The summed E-state index contributed by atoms with van der Waals surface area (Å²) in [7, 11) is 0. The number of nitrogens with zero attached hydrogens (tertiary/aromatic N) is 2. The fraction of sp³-hybridized carbons (Fsp3) is 0.143. The number of benzene rings is 1. The fourth-order valence-corrected chi connectivity index (χ4v) is 2.54. The summed E-state index contributed by atoms with van der Waals surface area (Å²) in [4.78, 5) is 6.15. The molecule has 0 saturated carbocycles. The summed E-state index contributed by atoms with van der Waals surface area (Å²) in [5, 5.41) is 9.03. The Balaban J connectivity index is 2.38. The molecule has 0 aliphatic heterocycles. The highest BCUT2D eigenvalue weighted by Gasteiger charge is 2.06. The lowest BCUT2D eigenvalue weighted by Gasteiger charge is -2.07. The average molecular weight is 240 g/mol. The third-order valence-corrected chi connectivity index (χ3v) is 3.67. The molecule has 0 bridgehead atoms. The highest BCUT2D eigenvalue weighted by atomic mass is 32.2. The van der Waals surface area contributed by atoms with E-state index in [0.29, 0.717) is 5.56 Å². The van der Waals surface area contributed by atoms with E-state index < -0.39 is 0 Å². The average Bonchev–Trinajstić information content (AvgIpc) is 2.34. The van der Waals surface area contributed by atoms with Crippen LogP contribution in [0.25, 0.3) is 0 Å². The Morgan fingerprint density at radius 2 is 2.00 bits per heavy atom. The highest BCUT2D eigenvalue weighted by Crippen LogP contribution is 2.32. The molecular weight excluding hydrogens is 228 g/mol. The molecule has 0 atom stereocenters. The van der Waals surface area contributed by atoms with Gasteiger partial charge in [0.25, 0.3) is 0 Å². The zero-order valence-electron chi connectivity index (χ0n) is 9.77. The second-order valence-electron chi connectivity index (χ2n) is 3.85. The van der Waals surface area contributed by atoms with Gasteiger partial charge in [0.15, 0.2) is 0 Å². The van der Waals surface area contributed by atoms with Crippen molar-refractivity contribution in [2.24, 2.45) is 0 Å². The highest BCUT2D eigenvalue weighted by molar-refractivity contribution is 7.99. The van der Waals surface area contributed by atoms with E-state index in [1.54, 1.807) is 30.2 Å². The summed E-state index contributed by atoms with van der Waals surface area (Å²) in [5.74, 6) is 0. The van der Waals surface area contributed by atoms with Gasteiger partial charge in [-0.25, -0.2) is 0 Å². The van der Waals surface area contributed by atoms with Crippen LogP contribution in [0.4, 0.5) is 0 Å². The monoisotopic (exact) mass is 240 g/mol. The van der Waals surface area contributed by atoms with Crippen LogP contribution in [0.3, 0.4) is 0 Å². The molecule has 17 heavy (non-hydrogen) atoms. The van der Waals surface area contributed by atoms with Crippen LogP contribution in [-0.4, -0.2) is 4.98 Å². The molecule has 2 nitrogen and oxygen atoms in total. The van der Waals surface area contributed by atoms with Crippen molar-refractivity contribution in [3.05, 3.63) is 53.3 Å². The van der Waals surface area contributed by atoms with Crippen LogP contribution in [0.1, 0.15) is 16.7 Å². The predicted octanol–water partition coefficient (Wildman–Crippen LogP) is 3.72. The molecule has 0 unspecified atom stereocenters. The SMILES string of the molecule is Cc1ccc(C)c(Sc2cnccc2C#N)c1. The molecule has 2 rings (SSSR count). The molecular formula is C14H12N2S. The van der Waals surface area contributed by atoms with Crippen LogP contribution in [0, 0.1) is 25.2 Å². The van der Waals surface area contributed by atoms with E-state index in [-0.39, 0.29) is 0 Å². The van der Waals surface area contributed by atoms with Crippen LogP contribution in [0.15, 0.2) is 46.5 Å². The molecule has 2 aromatic rings. The molecule has 84 valence electrons. The van der Waals surface area contributed by atoms with Crippen molar-refractivity contribution in [1.82, 2.24) is 4.98 Å². The van der Waals surface area contributed by atoms with E-state index in [2.05, 4.69) is 43.1 Å². The van der Waals surface area contributed by atoms with Crippen molar-refractivity contribution in [3.8, 4) is 6.07 Å². The van der Waals surface area contributed by atoms with E-state index in [4.69, 9.17) is 5.26 Å². The molecule has 1 aromatic heterocycles. The van der Waals surface area contributed by atoms with Crippen molar-refractivity contribution in [2.45, 2.75) is 23.6 Å². The Morgan fingerprint density at radius 3 is 2.76 bits per heavy atom. The van der Waals surface area contributed by atoms with Gasteiger partial charge in [-0.2, -0.15) is 5.26 Å². The van der Waals surface area contributed by atoms with Gasteiger partial charge in [0, 0.05) is 22.2 Å². The molecule has 0 radical (unpaired) electrons. The maximum Gasteiger partial charge on any atom is 0.100 e. The smallest absolute Gasteiger partial charge is 0.100 e. The molecule has 0 saturated heterocycles. The number of hydrogen-bond donors (Lipinski definition) is 0. The third-order valence-electron chi connectivity index (χ3n) is 2.47. The Bertz CT molecular complexity index is 585. The van der Waals surface area contributed by atoms with Crippen LogP contribution >= 0.6 is 11.8 Å². The molecule has 1 aromatic carbocycles. The molecule has 3 heteroatoms. The summed E-state index contributed by atoms with van der Waals surface area (Å²) in [6.45, 7) is 4.14. The molecule has 0 amide bonds. The lowest BCUT2D eigenvalue weighted by molar-refractivity contribution is 1.20. The Kier molecular flexibility index (Phi) is 3.46. The van der Waals surface area contributed by atoms with Crippen molar-refractivity contribution < 1.29 is 0 Å². The number of aromatic nitrogens is 1. The fourth-order valence-electron chi connectivity index (χ4n) is 1.49. The molecule has 1 heterocycles. The van der Waals surface area contributed by atoms with E-state index in [9.17, 15) is 0 Å². The van der Waals surface area contributed by atoms with Crippen molar-refractivity contribution in [1.29, 1.82) is 5.26 Å². The van der Waals surface area contributed by atoms with Crippen LogP contribution in [0.5, 0.6) is 0 Å². The topological polar surface area (TPSA) is 36.7 Å². The van der Waals surface area contributed by atoms with Crippen molar-refractivity contribution >= 4 is 11.8 Å². The van der Waals surface area contributed by atoms with Crippen LogP contribution in [0.2, 0.25) is 0 Å². The first-order valence-electron chi connectivity index (χ1n) is 5.30. The van der Waals surface area contributed by atoms with Gasteiger partial charge in [-0.3, -0.25) is 4.98 Å². The number of nitriles is 1. The summed E-state index contributed by atoms with van der Waals surface area (Å²) in [6.07, 6.45) is 3.39. The summed E-state index contributed by atoms with van der Waals surface area (Å²) in [5.41, 5.74) is 3.11. The minimum Gasteiger partial charge on any atom is -0.263 e. The van der Waals surface area contributed by atoms with Gasteiger partial charge in [0.1, 0.15) is 6.07 Å². The van der Waals surface area contributed by atoms with Gasteiger partial charge >= 0.3 is 0 Å². The van der Waals surface area contributed by atoms with E-state index in [1.807, 2.05) is 0 Å². The van der Waals surface area contributed by atoms with Gasteiger partial charge in [0.2, 0.25) is 0 Å². The van der Waals surface area contributed by atoms with E-state index >= 15 is 0 Å². The maximum atomic E-state index is 9.03. The quantitative estimate of drug-likeness (QED) is 0.802. The first-order chi connectivity index (χ1) is 8.20. The lowest BCUT2D eigenvalue weighted by Crippen LogP contribution is -1.86. The largest absolute Gasteiger partial charge is 0.263 e. The number of pyridine rings is 1. The minimum absolute atomic E-state index is 0.672. The molecule has 0 N–H and O–H groups in total. The zero-order valence-corrected chi connectivity index (χ0v) is 10.6.